The highest BCUT2D eigenvalue weighted by atomic mass is 16.5. The largest absolute Gasteiger partial charge is 0.480 e. The molecule has 1 aliphatic rings. The van der Waals surface area contributed by atoms with E-state index in [1.165, 1.54) is 0 Å². The van der Waals surface area contributed by atoms with Gasteiger partial charge in [-0.2, -0.15) is 0 Å². The number of nitrogens with zero attached hydrogens (tertiary/aromatic N) is 1. The molecule has 110 valence electrons. The number of ether oxygens (including phenoxy) is 1. The number of amides is 2. The van der Waals surface area contributed by atoms with Gasteiger partial charge in [-0.05, 0) is 25.7 Å². The monoisotopic (exact) mass is 274 g/mol. The van der Waals surface area contributed by atoms with E-state index in [9.17, 15) is 9.59 Å². The van der Waals surface area contributed by atoms with E-state index in [2.05, 4.69) is 5.32 Å². The number of aliphatic carboxylic acids is 1. The van der Waals surface area contributed by atoms with Gasteiger partial charge in [-0.1, -0.05) is 0 Å². The van der Waals surface area contributed by atoms with Crippen LogP contribution in [0.3, 0.4) is 0 Å². The maximum absolute atomic E-state index is 12.1. The molecule has 19 heavy (non-hydrogen) atoms. The molecule has 0 aliphatic heterocycles. The fourth-order valence-electron chi connectivity index (χ4n) is 1.93. The molecule has 0 aromatic rings. The lowest BCUT2D eigenvalue weighted by molar-refractivity contribution is -0.140. The molecule has 0 saturated heterocycles. The maximum atomic E-state index is 12.1. The van der Waals surface area contributed by atoms with Gasteiger partial charge in [0.15, 0.2) is 6.04 Å². The lowest BCUT2D eigenvalue weighted by Gasteiger charge is -2.30. The molecule has 7 nitrogen and oxygen atoms in total. The number of methoxy groups -OCH3 is 1. The van der Waals surface area contributed by atoms with Crippen LogP contribution in [-0.4, -0.2) is 66.1 Å². The number of aliphatic hydroxyl groups is 1. The van der Waals surface area contributed by atoms with Crippen molar-refractivity contribution < 1.29 is 24.5 Å². The molecule has 1 fully saturated rings. The van der Waals surface area contributed by atoms with E-state index in [-0.39, 0.29) is 6.04 Å². The number of rotatable bonds is 8. The molecule has 0 radical (unpaired) electrons. The van der Waals surface area contributed by atoms with E-state index < -0.39 is 24.6 Å². The Labute approximate surface area is 112 Å². The predicted molar refractivity (Wildman–Crippen MR) is 67.8 cm³/mol. The predicted octanol–water partition coefficient (Wildman–Crippen LogP) is -0.112. The first kappa shape index (κ1) is 15.7. The van der Waals surface area contributed by atoms with Crippen LogP contribution < -0.4 is 5.32 Å². The minimum absolute atomic E-state index is 0.0447. The summed E-state index contributed by atoms with van der Waals surface area (Å²) in [5.74, 6) is -0.776. The van der Waals surface area contributed by atoms with Gasteiger partial charge in [0.05, 0.1) is 13.2 Å². The van der Waals surface area contributed by atoms with Crippen molar-refractivity contribution in [2.24, 2.45) is 5.92 Å². The van der Waals surface area contributed by atoms with E-state index in [0.29, 0.717) is 19.1 Å². The Morgan fingerprint density at radius 1 is 1.47 bits per heavy atom. The Balaban J connectivity index is 2.61. The van der Waals surface area contributed by atoms with Gasteiger partial charge in [0, 0.05) is 19.7 Å². The van der Waals surface area contributed by atoms with Crippen molar-refractivity contribution in [3.8, 4) is 0 Å². The summed E-state index contributed by atoms with van der Waals surface area (Å²) in [5, 5.41) is 20.1. The van der Waals surface area contributed by atoms with Crippen LogP contribution in [0.4, 0.5) is 4.79 Å². The third-order valence-corrected chi connectivity index (χ3v) is 3.37. The average Bonchev–Trinajstić information content (AvgIpc) is 3.19. The van der Waals surface area contributed by atoms with Crippen molar-refractivity contribution in [2.45, 2.75) is 31.8 Å². The minimum Gasteiger partial charge on any atom is -0.480 e. The van der Waals surface area contributed by atoms with E-state index in [0.717, 1.165) is 12.8 Å². The molecule has 2 amide bonds. The quantitative estimate of drug-likeness (QED) is 0.573. The van der Waals surface area contributed by atoms with Gasteiger partial charge in [-0.25, -0.2) is 9.59 Å². The molecule has 1 aliphatic carbocycles. The summed E-state index contributed by atoms with van der Waals surface area (Å²) < 4.78 is 4.96. The minimum atomic E-state index is -1.27. The molecule has 3 N–H and O–H groups in total. The topological polar surface area (TPSA) is 99.1 Å². The first-order chi connectivity index (χ1) is 9.01. The van der Waals surface area contributed by atoms with Crippen LogP contribution >= 0.6 is 0 Å². The zero-order valence-electron chi connectivity index (χ0n) is 11.3. The molecular formula is C12H22N2O5. The second-order valence-corrected chi connectivity index (χ2v) is 4.79. The van der Waals surface area contributed by atoms with Crippen LogP contribution in [0.25, 0.3) is 0 Å². The Kier molecular flexibility index (Phi) is 6.04. The van der Waals surface area contributed by atoms with E-state index in [4.69, 9.17) is 14.9 Å². The first-order valence-corrected chi connectivity index (χ1v) is 6.41. The molecule has 0 aromatic carbocycles. The van der Waals surface area contributed by atoms with E-state index in [1.54, 1.807) is 12.0 Å². The molecule has 1 saturated carbocycles. The number of aliphatic hydroxyl groups excluding tert-OH is 1. The Hall–Kier alpha value is -1.34. The molecule has 2 atom stereocenters. The van der Waals surface area contributed by atoms with Crippen molar-refractivity contribution in [2.75, 3.05) is 26.9 Å². The van der Waals surface area contributed by atoms with Crippen LogP contribution in [0.5, 0.6) is 0 Å². The fourth-order valence-corrected chi connectivity index (χ4v) is 1.93. The maximum Gasteiger partial charge on any atom is 0.328 e. The third-order valence-electron chi connectivity index (χ3n) is 3.37. The van der Waals surface area contributed by atoms with Crippen LogP contribution in [-0.2, 0) is 9.53 Å². The van der Waals surface area contributed by atoms with Crippen LogP contribution in [0.15, 0.2) is 0 Å². The smallest absolute Gasteiger partial charge is 0.328 e. The van der Waals surface area contributed by atoms with Gasteiger partial charge in [0.2, 0.25) is 0 Å². The van der Waals surface area contributed by atoms with Gasteiger partial charge in [-0.3, -0.25) is 0 Å². The zero-order chi connectivity index (χ0) is 14.4. The van der Waals surface area contributed by atoms with Gasteiger partial charge in [0.1, 0.15) is 0 Å². The van der Waals surface area contributed by atoms with Crippen LogP contribution in [0, 0.1) is 5.92 Å². The molecule has 1 rings (SSSR count). The summed E-state index contributed by atoms with van der Waals surface area (Å²) in [5.41, 5.74) is 0. The Morgan fingerprint density at radius 3 is 2.53 bits per heavy atom. The van der Waals surface area contributed by atoms with Crippen molar-refractivity contribution in [1.29, 1.82) is 0 Å². The highest BCUT2D eigenvalue weighted by Gasteiger charge is 2.35. The standard InChI is InChI=1S/C12H22N2O5/c1-8(9-3-4-9)14(5-6-19-2)12(18)13-10(7-15)11(16)17/h8-10,15H,3-7H2,1-2H3,(H,13,18)(H,16,17)/t8?,10-/m1/s1. The average molecular weight is 274 g/mol. The molecule has 0 bridgehead atoms. The van der Waals surface area contributed by atoms with Gasteiger partial charge in [-0.15, -0.1) is 0 Å². The number of hydrogen-bond donors (Lipinski definition) is 3. The zero-order valence-corrected chi connectivity index (χ0v) is 11.3. The summed E-state index contributed by atoms with van der Waals surface area (Å²) in [6.45, 7) is 2.11. The molecule has 7 heteroatoms. The number of carboxylic acid groups (broad SMARTS) is 1. The number of nitrogens with one attached hydrogen (secondary N) is 1. The van der Waals surface area contributed by atoms with Crippen molar-refractivity contribution in [1.82, 2.24) is 10.2 Å². The summed E-state index contributed by atoms with van der Waals surface area (Å²) >= 11 is 0. The second kappa shape index (κ2) is 7.30. The molecule has 0 aromatic heterocycles. The van der Waals surface area contributed by atoms with Crippen LogP contribution in [0.2, 0.25) is 0 Å². The highest BCUT2D eigenvalue weighted by Crippen LogP contribution is 2.35. The molecule has 0 spiro atoms. The molecule has 1 unspecified atom stereocenters. The number of urea groups is 1. The van der Waals surface area contributed by atoms with Gasteiger partial charge >= 0.3 is 12.0 Å². The fraction of sp³-hybridized carbons (Fsp3) is 0.833. The summed E-state index contributed by atoms with van der Waals surface area (Å²) in [6.07, 6.45) is 2.17. The van der Waals surface area contributed by atoms with Gasteiger partial charge in [0.25, 0.3) is 0 Å². The van der Waals surface area contributed by atoms with Gasteiger partial charge < -0.3 is 25.2 Å². The second-order valence-electron chi connectivity index (χ2n) is 4.79. The lowest BCUT2D eigenvalue weighted by Crippen LogP contribution is -2.53. The van der Waals surface area contributed by atoms with Crippen molar-refractivity contribution in [3.05, 3.63) is 0 Å². The number of carbonyl (C=O) groups is 2. The van der Waals surface area contributed by atoms with Crippen molar-refractivity contribution in [3.63, 3.8) is 0 Å². The summed E-state index contributed by atoms with van der Waals surface area (Å²) in [7, 11) is 1.55. The third kappa shape index (κ3) is 4.68. The van der Waals surface area contributed by atoms with Crippen molar-refractivity contribution >= 4 is 12.0 Å². The summed E-state index contributed by atoms with van der Waals surface area (Å²) in [4.78, 5) is 24.5. The normalized spacial score (nSPS) is 17.6. The van der Waals surface area contributed by atoms with E-state index >= 15 is 0 Å². The molecule has 0 heterocycles. The molecular weight excluding hydrogens is 252 g/mol. The van der Waals surface area contributed by atoms with E-state index in [1.807, 2.05) is 6.92 Å². The lowest BCUT2D eigenvalue weighted by atomic mass is 10.2. The number of hydrogen-bond acceptors (Lipinski definition) is 4. The highest BCUT2D eigenvalue weighted by molar-refractivity contribution is 5.82. The summed E-state index contributed by atoms with van der Waals surface area (Å²) in [6, 6.07) is -1.70. The van der Waals surface area contributed by atoms with Crippen LogP contribution in [0.1, 0.15) is 19.8 Å². The number of carboxylic acids is 1. The number of carbonyl (C=O) groups excluding carboxylic acids is 1. The first-order valence-electron chi connectivity index (χ1n) is 6.41. The Morgan fingerprint density at radius 2 is 2.11 bits per heavy atom. The SMILES string of the molecule is COCCN(C(=O)N[C@H](CO)C(=O)O)C(C)C1CC1. The Bertz CT molecular complexity index is 319.